The molecule has 0 saturated carbocycles. The van der Waals surface area contributed by atoms with E-state index in [1.54, 1.807) is 36.2 Å². The predicted molar refractivity (Wildman–Crippen MR) is 96.0 cm³/mol. The second kappa shape index (κ2) is 8.72. The van der Waals surface area contributed by atoms with Crippen LogP contribution in [0.2, 0.25) is 0 Å². The fourth-order valence-electron chi connectivity index (χ4n) is 2.38. The van der Waals surface area contributed by atoms with Crippen molar-refractivity contribution in [3.05, 3.63) is 65.7 Å². The van der Waals surface area contributed by atoms with Gasteiger partial charge in [-0.25, -0.2) is 4.79 Å². The van der Waals surface area contributed by atoms with Crippen LogP contribution >= 0.6 is 0 Å². The maximum absolute atomic E-state index is 12.5. The molecule has 2 N–H and O–H groups in total. The third-order valence-corrected chi connectivity index (χ3v) is 3.62. The Balaban J connectivity index is 2.03. The summed E-state index contributed by atoms with van der Waals surface area (Å²) >= 11 is 0. The van der Waals surface area contributed by atoms with E-state index in [4.69, 9.17) is 0 Å². The first kappa shape index (κ1) is 17.5. The number of hydrogen-bond donors (Lipinski definition) is 2. The topological polar surface area (TPSA) is 61.4 Å². The van der Waals surface area contributed by atoms with Crippen molar-refractivity contribution in [2.45, 2.75) is 19.9 Å². The SMILES string of the molecule is CCCN(Cc1ccccc1)C(=O)Nc1ccc(C(=O)NC)cc1. The van der Waals surface area contributed by atoms with Gasteiger partial charge in [0.15, 0.2) is 0 Å². The number of anilines is 1. The summed E-state index contributed by atoms with van der Waals surface area (Å²) in [5.74, 6) is -0.149. The van der Waals surface area contributed by atoms with E-state index in [2.05, 4.69) is 10.6 Å². The first-order valence-corrected chi connectivity index (χ1v) is 8.06. The highest BCUT2D eigenvalue weighted by atomic mass is 16.2. The Morgan fingerprint density at radius 3 is 2.25 bits per heavy atom. The monoisotopic (exact) mass is 325 g/mol. The van der Waals surface area contributed by atoms with Gasteiger partial charge in [0.2, 0.25) is 0 Å². The van der Waals surface area contributed by atoms with Crippen molar-refractivity contribution in [2.24, 2.45) is 0 Å². The van der Waals surface area contributed by atoms with Gasteiger partial charge < -0.3 is 15.5 Å². The van der Waals surface area contributed by atoms with Gasteiger partial charge in [-0.2, -0.15) is 0 Å². The zero-order valence-electron chi connectivity index (χ0n) is 14.1. The van der Waals surface area contributed by atoms with E-state index in [-0.39, 0.29) is 11.9 Å². The number of carbonyl (C=O) groups is 2. The highest BCUT2D eigenvalue weighted by Gasteiger charge is 2.13. The molecule has 0 unspecified atom stereocenters. The van der Waals surface area contributed by atoms with E-state index in [1.807, 2.05) is 37.3 Å². The van der Waals surface area contributed by atoms with Crippen LogP contribution in [0.15, 0.2) is 54.6 Å². The lowest BCUT2D eigenvalue weighted by Gasteiger charge is -2.22. The summed E-state index contributed by atoms with van der Waals surface area (Å²) in [5.41, 5.74) is 2.32. The fraction of sp³-hybridized carbons (Fsp3) is 0.263. The van der Waals surface area contributed by atoms with Gasteiger partial charge in [-0.05, 0) is 36.2 Å². The largest absolute Gasteiger partial charge is 0.355 e. The zero-order chi connectivity index (χ0) is 17.4. The van der Waals surface area contributed by atoms with Crippen molar-refractivity contribution in [3.63, 3.8) is 0 Å². The molecule has 0 aliphatic heterocycles. The average Bonchev–Trinajstić information content (AvgIpc) is 2.62. The number of nitrogens with zero attached hydrogens (tertiary/aromatic N) is 1. The van der Waals surface area contributed by atoms with E-state index >= 15 is 0 Å². The Morgan fingerprint density at radius 1 is 1.00 bits per heavy atom. The van der Waals surface area contributed by atoms with E-state index in [1.165, 1.54) is 0 Å². The van der Waals surface area contributed by atoms with Crippen molar-refractivity contribution < 1.29 is 9.59 Å². The van der Waals surface area contributed by atoms with Crippen LogP contribution < -0.4 is 10.6 Å². The molecule has 0 fully saturated rings. The van der Waals surface area contributed by atoms with Crippen LogP contribution in [0.3, 0.4) is 0 Å². The van der Waals surface area contributed by atoms with Crippen molar-refractivity contribution in [1.82, 2.24) is 10.2 Å². The lowest BCUT2D eigenvalue weighted by atomic mass is 10.2. The third-order valence-electron chi connectivity index (χ3n) is 3.62. The van der Waals surface area contributed by atoms with Crippen LogP contribution in [-0.2, 0) is 6.54 Å². The van der Waals surface area contributed by atoms with Crippen LogP contribution in [0.1, 0.15) is 29.3 Å². The predicted octanol–water partition coefficient (Wildman–Crippen LogP) is 3.49. The van der Waals surface area contributed by atoms with Gasteiger partial charge in [-0.3, -0.25) is 4.79 Å². The molecule has 0 bridgehead atoms. The van der Waals surface area contributed by atoms with Crippen LogP contribution in [0.5, 0.6) is 0 Å². The average molecular weight is 325 g/mol. The molecule has 0 heterocycles. The number of carbonyl (C=O) groups excluding carboxylic acids is 2. The number of nitrogens with one attached hydrogen (secondary N) is 2. The standard InChI is InChI=1S/C19H23N3O2/c1-3-13-22(14-15-7-5-4-6-8-15)19(24)21-17-11-9-16(10-12-17)18(23)20-2/h4-12H,3,13-14H2,1-2H3,(H,20,23)(H,21,24). The highest BCUT2D eigenvalue weighted by Crippen LogP contribution is 2.12. The molecular weight excluding hydrogens is 302 g/mol. The van der Waals surface area contributed by atoms with Gasteiger partial charge in [0, 0.05) is 31.4 Å². The van der Waals surface area contributed by atoms with E-state index in [0.29, 0.717) is 24.3 Å². The van der Waals surface area contributed by atoms with E-state index in [9.17, 15) is 9.59 Å². The lowest BCUT2D eigenvalue weighted by Crippen LogP contribution is -2.35. The minimum absolute atomic E-state index is 0.145. The van der Waals surface area contributed by atoms with Crippen molar-refractivity contribution >= 4 is 17.6 Å². The van der Waals surface area contributed by atoms with E-state index < -0.39 is 0 Å². The molecule has 126 valence electrons. The maximum atomic E-state index is 12.5. The van der Waals surface area contributed by atoms with Crippen molar-refractivity contribution in [3.8, 4) is 0 Å². The molecule has 0 aromatic heterocycles. The smallest absolute Gasteiger partial charge is 0.322 e. The number of benzene rings is 2. The summed E-state index contributed by atoms with van der Waals surface area (Å²) in [6, 6.07) is 16.6. The lowest BCUT2D eigenvalue weighted by molar-refractivity contribution is 0.0963. The summed E-state index contributed by atoms with van der Waals surface area (Å²) in [6.45, 7) is 3.29. The fourth-order valence-corrected chi connectivity index (χ4v) is 2.38. The maximum Gasteiger partial charge on any atom is 0.322 e. The summed E-state index contributed by atoms with van der Waals surface area (Å²) in [4.78, 5) is 25.8. The Morgan fingerprint density at radius 2 is 1.67 bits per heavy atom. The first-order valence-electron chi connectivity index (χ1n) is 8.06. The van der Waals surface area contributed by atoms with Crippen LogP contribution in [0.25, 0.3) is 0 Å². The molecule has 2 rings (SSSR count). The summed E-state index contributed by atoms with van der Waals surface area (Å²) in [5, 5.41) is 5.46. The molecule has 2 aromatic carbocycles. The van der Waals surface area contributed by atoms with Crippen LogP contribution in [-0.4, -0.2) is 30.4 Å². The second-order valence-electron chi connectivity index (χ2n) is 5.49. The number of hydrogen-bond acceptors (Lipinski definition) is 2. The molecule has 24 heavy (non-hydrogen) atoms. The normalized spacial score (nSPS) is 10.1. The zero-order valence-corrected chi connectivity index (χ0v) is 14.1. The molecule has 2 aromatic rings. The molecule has 0 atom stereocenters. The Hall–Kier alpha value is -2.82. The van der Waals surface area contributed by atoms with Gasteiger partial charge in [-0.1, -0.05) is 37.3 Å². The Kier molecular flexibility index (Phi) is 6.37. The minimum Gasteiger partial charge on any atom is -0.355 e. The third kappa shape index (κ3) is 4.84. The van der Waals surface area contributed by atoms with Gasteiger partial charge in [0.05, 0.1) is 0 Å². The molecular formula is C19H23N3O2. The van der Waals surface area contributed by atoms with E-state index in [0.717, 1.165) is 12.0 Å². The van der Waals surface area contributed by atoms with Gasteiger partial charge >= 0.3 is 6.03 Å². The first-order chi connectivity index (χ1) is 11.6. The summed E-state index contributed by atoms with van der Waals surface area (Å²) in [7, 11) is 1.59. The molecule has 0 saturated heterocycles. The van der Waals surface area contributed by atoms with Crippen LogP contribution in [0.4, 0.5) is 10.5 Å². The molecule has 0 spiro atoms. The molecule has 0 radical (unpaired) electrons. The summed E-state index contributed by atoms with van der Waals surface area (Å²) in [6.07, 6.45) is 0.885. The van der Waals surface area contributed by atoms with Crippen molar-refractivity contribution in [2.75, 3.05) is 18.9 Å². The molecule has 5 heteroatoms. The highest BCUT2D eigenvalue weighted by molar-refractivity contribution is 5.95. The second-order valence-corrected chi connectivity index (χ2v) is 5.49. The minimum atomic E-state index is -0.149. The number of rotatable bonds is 6. The number of amides is 3. The van der Waals surface area contributed by atoms with Gasteiger partial charge in [0.1, 0.15) is 0 Å². The van der Waals surface area contributed by atoms with Gasteiger partial charge in [-0.15, -0.1) is 0 Å². The Labute approximate surface area is 142 Å². The molecule has 0 aliphatic rings. The van der Waals surface area contributed by atoms with Crippen molar-refractivity contribution in [1.29, 1.82) is 0 Å². The van der Waals surface area contributed by atoms with Gasteiger partial charge in [0.25, 0.3) is 5.91 Å². The summed E-state index contributed by atoms with van der Waals surface area (Å²) < 4.78 is 0. The molecule has 5 nitrogen and oxygen atoms in total. The Bertz CT molecular complexity index is 669. The quantitative estimate of drug-likeness (QED) is 0.854. The van der Waals surface area contributed by atoms with Crippen LogP contribution in [0, 0.1) is 0 Å². The molecule has 0 aliphatic carbocycles. The number of urea groups is 1. The molecule has 3 amide bonds.